The van der Waals surface area contributed by atoms with Crippen molar-refractivity contribution < 1.29 is 18.3 Å². The molecule has 0 unspecified atom stereocenters. The van der Waals surface area contributed by atoms with Crippen LogP contribution in [0.15, 0.2) is 60.7 Å². The summed E-state index contributed by atoms with van der Waals surface area (Å²) in [5.74, 6) is -1.33. The maximum atomic E-state index is 13.7. The summed E-state index contributed by atoms with van der Waals surface area (Å²) in [5, 5.41) is 2.67. The van der Waals surface area contributed by atoms with E-state index < -0.39 is 17.7 Å². The van der Waals surface area contributed by atoms with E-state index >= 15 is 0 Å². The van der Waals surface area contributed by atoms with Gasteiger partial charge in [-0.3, -0.25) is 4.79 Å². The molecule has 0 fully saturated rings. The third-order valence-electron chi connectivity index (χ3n) is 3.55. The van der Waals surface area contributed by atoms with Crippen molar-refractivity contribution in [1.82, 2.24) is 10.3 Å². The number of amides is 1. The summed E-state index contributed by atoms with van der Waals surface area (Å²) in [5.41, 5.74) is 6.37. The number of carbonyl (C=O) groups excluding carboxylic acids is 1. The van der Waals surface area contributed by atoms with Crippen molar-refractivity contribution in [2.24, 2.45) is 0 Å². The van der Waals surface area contributed by atoms with E-state index in [4.69, 9.17) is 10.5 Å². The lowest BCUT2D eigenvalue weighted by Crippen LogP contribution is -2.24. The summed E-state index contributed by atoms with van der Waals surface area (Å²) < 4.78 is 32.1. The first-order valence-electron chi connectivity index (χ1n) is 7.74. The number of para-hydroxylation sites is 1. The molecule has 5 nitrogen and oxygen atoms in total. The van der Waals surface area contributed by atoms with Crippen molar-refractivity contribution in [1.29, 1.82) is 0 Å². The van der Waals surface area contributed by atoms with Gasteiger partial charge in [-0.1, -0.05) is 24.3 Å². The average molecular weight is 355 g/mol. The minimum atomic E-state index is -0.753. The van der Waals surface area contributed by atoms with Gasteiger partial charge >= 0.3 is 0 Å². The fourth-order valence-electron chi connectivity index (χ4n) is 2.29. The number of hydrogen-bond donors (Lipinski definition) is 2. The molecule has 132 valence electrons. The molecule has 3 rings (SSSR count). The lowest BCUT2D eigenvalue weighted by Gasteiger charge is -2.10. The second-order valence-electron chi connectivity index (χ2n) is 5.43. The van der Waals surface area contributed by atoms with Gasteiger partial charge in [0.1, 0.15) is 11.6 Å². The van der Waals surface area contributed by atoms with Crippen LogP contribution in [0, 0.1) is 11.8 Å². The van der Waals surface area contributed by atoms with Crippen molar-refractivity contribution in [3.05, 3.63) is 83.6 Å². The Bertz CT molecular complexity index is 948. The van der Waals surface area contributed by atoms with Crippen LogP contribution in [0.3, 0.4) is 0 Å². The molecule has 0 aliphatic carbocycles. The number of halogens is 2. The summed E-state index contributed by atoms with van der Waals surface area (Å²) in [6.45, 7) is 0.185. The maximum absolute atomic E-state index is 13.7. The lowest BCUT2D eigenvalue weighted by atomic mass is 10.2. The van der Waals surface area contributed by atoms with E-state index in [1.807, 2.05) is 0 Å². The molecule has 0 saturated carbocycles. The Hall–Kier alpha value is -3.48. The molecule has 0 atom stereocenters. The third-order valence-corrected chi connectivity index (χ3v) is 3.55. The fraction of sp³-hybridized carbons (Fsp3) is 0.0526. The van der Waals surface area contributed by atoms with Crippen LogP contribution in [0.2, 0.25) is 0 Å². The number of rotatable bonds is 5. The minimum absolute atomic E-state index is 0.0881. The van der Waals surface area contributed by atoms with E-state index in [0.717, 1.165) is 11.6 Å². The predicted molar refractivity (Wildman–Crippen MR) is 92.7 cm³/mol. The van der Waals surface area contributed by atoms with Crippen molar-refractivity contribution in [3.63, 3.8) is 0 Å². The highest BCUT2D eigenvalue weighted by molar-refractivity contribution is 5.98. The van der Waals surface area contributed by atoms with Crippen molar-refractivity contribution in [2.45, 2.75) is 6.54 Å². The van der Waals surface area contributed by atoms with Crippen LogP contribution in [0.1, 0.15) is 15.9 Å². The topological polar surface area (TPSA) is 77.2 Å². The second-order valence-corrected chi connectivity index (χ2v) is 5.43. The summed E-state index contributed by atoms with van der Waals surface area (Å²) in [4.78, 5) is 15.5. The number of nitrogens with one attached hydrogen (secondary N) is 1. The van der Waals surface area contributed by atoms with Gasteiger partial charge < -0.3 is 15.8 Å². The molecule has 1 aromatic heterocycles. The molecule has 3 N–H and O–H groups in total. The van der Waals surface area contributed by atoms with Gasteiger partial charge in [-0.2, -0.15) is 4.39 Å². The third kappa shape index (κ3) is 4.13. The monoisotopic (exact) mass is 355 g/mol. The molecule has 0 spiro atoms. The van der Waals surface area contributed by atoms with E-state index in [-0.39, 0.29) is 23.7 Å². The number of anilines is 1. The van der Waals surface area contributed by atoms with E-state index in [1.165, 1.54) is 18.2 Å². The zero-order chi connectivity index (χ0) is 18.5. The van der Waals surface area contributed by atoms with Gasteiger partial charge in [-0.15, -0.1) is 0 Å². The fourth-order valence-corrected chi connectivity index (χ4v) is 2.29. The number of hydrogen-bond acceptors (Lipinski definition) is 4. The Morgan fingerprint density at radius 2 is 1.88 bits per heavy atom. The Kier molecular flexibility index (Phi) is 5.07. The van der Waals surface area contributed by atoms with Crippen LogP contribution in [-0.2, 0) is 6.54 Å². The largest absolute Gasteiger partial charge is 0.454 e. The standard InChI is InChI=1S/C19H15F2N3O2/c20-15-6-1-2-7-16(15)26-13-5-3-4-12(10-13)11-23-19(25)14-8-9-17(21)24-18(14)22/h1-10H,11H2,(H2,22,24)(H,23,25). The molecule has 0 bridgehead atoms. The van der Waals surface area contributed by atoms with E-state index in [1.54, 1.807) is 36.4 Å². The van der Waals surface area contributed by atoms with Crippen molar-refractivity contribution >= 4 is 11.7 Å². The minimum Gasteiger partial charge on any atom is -0.454 e. The number of carbonyl (C=O) groups is 1. The molecule has 0 aliphatic rings. The number of benzene rings is 2. The highest BCUT2D eigenvalue weighted by atomic mass is 19.1. The van der Waals surface area contributed by atoms with Gasteiger partial charge in [0.05, 0.1) is 5.56 Å². The molecule has 0 aliphatic heterocycles. The number of pyridine rings is 1. The van der Waals surface area contributed by atoms with Gasteiger partial charge in [0.15, 0.2) is 11.6 Å². The van der Waals surface area contributed by atoms with Gasteiger partial charge in [-0.05, 0) is 42.0 Å². The average Bonchev–Trinajstić information content (AvgIpc) is 2.62. The molecule has 26 heavy (non-hydrogen) atoms. The Morgan fingerprint density at radius 3 is 2.65 bits per heavy atom. The number of aromatic nitrogens is 1. The molecule has 7 heteroatoms. The highest BCUT2D eigenvalue weighted by Gasteiger charge is 2.11. The zero-order valence-corrected chi connectivity index (χ0v) is 13.6. The first-order chi connectivity index (χ1) is 12.5. The van der Waals surface area contributed by atoms with E-state index in [9.17, 15) is 13.6 Å². The van der Waals surface area contributed by atoms with Gasteiger partial charge in [0, 0.05) is 6.54 Å². The summed E-state index contributed by atoms with van der Waals surface area (Å²) in [6.07, 6.45) is 0. The van der Waals surface area contributed by atoms with Crippen LogP contribution in [-0.4, -0.2) is 10.9 Å². The first kappa shape index (κ1) is 17.3. The zero-order valence-electron chi connectivity index (χ0n) is 13.6. The molecule has 3 aromatic rings. The Labute approximate surface area is 148 Å². The van der Waals surface area contributed by atoms with Crippen LogP contribution >= 0.6 is 0 Å². The number of nitrogens with two attached hydrogens (primary N) is 1. The number of ether oxygens (including phenoxy) is 1. The summed E-state index contributed by atoms with van der Waals surface area (Å²) >= 11 is 0. The van der Waals surface area contributed by atoms with Crippen molar-refractivity contribution in [3.8, 4) is 11.5 Å². The normalized spacial score (nSPS) is 10.4. The number of nitrogen functional groups attached to an aromatic ring is 1. The van der Waals surface area contributed by atoms with E-state index in [0.29, 0.717) is 5.75 Å². The van der Waals surface area contributed by atoms with Crippen LogP contribution in [0.5, 0.6) is 11.5 Å². The summed E-state index contributed by atoms with van der Waals surface area (Å²) in [7, 11) is 0. The molecule has 1 heterocycles. The molecule has 1 amide bonds. The van der Waals surface area contributed by atoms with Crippen LogP contribution < -0.4 is 15.8 Å². The smallest absolute Gasteiger partial charge is 0.255 e. The van der Waals surface area contributed by atoms with Gasteiger partial charge in [-0.25, -0.2) is 9.37 Å². The van der Waals surface area contributed by atoms with Crippen LogP contribution in [0.4, 0.5) is 14.6 Å². The van der Waals surface area contributed by atoms with Gasteiger partial charge in [0.25, 0.3) is 5.91 Å². The quantitative estimate of drug-likeness (QED) is 0.685. The van der Waals surface area contributed by atoms with Crippen molar-refractivity contribution in [2.75, 3.05) is 5.73 Å². The maximum Gasteiger partial charge on any atom is 0.255 e. The lowest BCUT2D eigenvalue weighted by molar-refractivity contribution is 0.0951. The first-order valence-corrected chi connectivity index (χ1v) is 7.74. The van der Waals surface area contributed by atoms with Gasteiger partial charge in [0.2, 0.25) is 5.95 Å². The molecule has 0 radical (unpaired) electrons. The number of nitrogens with zero attached hydrogens (tertiary/aromatic N) is 1. The molecule has 0 saturated heterocycles. The summed E-state index contributed by atoms with van der Waals surface area (Å²) in [6, 6.07) is 15.3. The molecular formula is C19H15F2N3O2. The Morgan fingerprint density at radius 1 is 1.08 bits per heavy atom. The predicted octanol–water partition coefficient (Wildman–Crippen LogP) is 3.66. The Balaban J connectivity index is 1.67. The SMILES string of the molecule is Nc1nc(F)ccc1C(=O)NCc1cccc(Oc2ccccc2F)c1. The molecular weight excluding hydrogens is 340 g/mol. The van der Waals surface area contributed by atoms with E-state index in [2.05, 4.69) is 10.3 Å². The highest BCUT2D eigenvalue weighted by Crippen LogP contribution is 2.24. The van der Waals surface area contributed by atoms with Crippen LogP contribution in [0.25, 0.3) is 0 Å². The second kappa shape index (κ2) is 7.60. The molecule has 2 aromatic carbocycles.